The van der Waals surface area contributed by atoms with Gasteiger partial charge in [0.25, 0.3) is 0 Å². The average molecular weight is 348 g/mol. The normalized spacial score (nSPS) is 16.8. The van der Waals surface area contributed by atoms with Crippen LogP contribution in [0.5, 0.6) is 11.6 Å². The standard InChI is InChI=1S/C17H21FN4O3/c1-21-15(10-16(20-21)25-3)19-17(23)22-8-4-5-13(22)11-6-7-14(24-2)12(18)9-11/h6-7,9-10,13H,4-5,8H2,1-3H3,(H,19,23). The molecule has 1 aromatic heterocycles. The number of hydrogen-bond donors (Lipinski definition) is 1. The Hall–Kier alpha value is -2.77. The predicted octanol–water partition coefficient (Wildman–Crippen LogP) is 2.95. The van der Waals surface area contributed by atoms with E-state index in [0.29, 0.717) is 18.2 Å². The van der Waals surface area contributed by atoms with E-state index in [1.54, 1.807) is 30.1 Å². The van der Waals surface area contributed by atoms with Crippen LogP contribution in [0.3, 0.4) is 0 Å². The number of carbonyl (C=O) groups excluding carboxylic acids is 1. The Morgan fingerprint density at radius 3 is 2.76 bits per heavy atom. The Kier molecular flexibility index (Phi) is 4.78. The lowest BCUT2D eigenvalue weighted by molar-refractivity contribution is 0.206. The molecule has 1 fully saturated rings. The summed E-state index contributed by atoms with van der Waals surface area (Å²) in [6, 6.07) is 6.05. The molecule has 2 heterocycles. The summed E-state index contributed by atoms with van der Waals surface area (Å²) in [7, 11) is 4.66. The van der Waals surface area contributed by atoms with E-state index in [-0.39, 0.29) is 17.8 Å². The molecule has 0 radical (unpaired) electrons. The molecule has 1 aliphatic rings. The van der Waals surface area contributed by atoms with Gasteiger partial charge in [0.1, 0.15) is 5.82 Å². The Balaban J connectivity index is 1.77. The fraction of sp³-hybridized carbons (Fsp3) is 0.412. The molecule has 1 atom stereocenters. The SMILES string of the molecule is COc1cc(NC(=O)N2CCCC2c2ccc(OC)c(F)c2)n(C)n1. The minimum Gasteiger partial charge on any atom is -0.494 e. The predicted molar refractivity (Wildman–Crippen MR) is 90.4 cm³/mol. The van der Waals surface area contributed by atoms with E-state index in [1.807, 2.05) is 0 Å². The van der Waals surface area contributed by atoms with Crippen molar-refractivity contribution in [3.05, 3.63) is 35.6 Å². The van der Waals surface area contributed by atoms with Crippen molar-refractivity contribution in [2.45, 2.75) is 18.9 Å². The van der Waals surface area contributed by atoms with Crippen molar-refractivity contribution in [3.63, 3.8) is 0 Å². The number of benzene rings is 1. The Morgan fingerprint density at radius 2 is 2.12 bits per heavy atom. The van der Waals surface area contributed by atoms with Crippen LogP contribution in [0.2, 0.25) is 0 Å². The third kappa shape index (κ3) is 3.38. The molecular formula is C17H21FN4O3. The summed E-state index contributed by atoms with van der Waals surface area (Å²) < 4.78 is 25.6. The van der Waals surface area contributed by atoms with E-state index in [1.165, 1.54) is 25.0 Å². The van der Waals surface area contributed by atoms with E-state index < -0.39 is 5.82 Å². The maximum atomic E-state index is 14.0. The highest BCUT2D eigenvalue weighted by Crippen LogP contribution is 2.34. The minimum absolute atomic E-state index is 0.171. The molecule has 1 N–H and O–H groups in total. The smallest absolute Gasteiger partial charge is 0.323 e. The fourth-order valence-electron chi connectivity index (χ4n) is 3.09. The molecule has 1 aliphatic heterocycles. The van der Waals surface area contributed by atoms with Crippen LogP contribution < -0.4 is 14.8 Å². The van der Waals surface area contributed by atoms with Gasteiger partial charge in [0.15, 0.2) is 11.6 Å². The van der Waals surface area contributed by atoms with Crippen LogP contribution in [0.1, 0.15) is 24.4 Å². The lowest BCUT2D eigenvalue weighted by Gasteiger charge is -2.25. The third-order valence-electron chi connectivity index (χ3n) is 4.38. The van der Waals surface area contributed by atoms with Crippen molar-refractivity contribution in [2.24, 2.45) is 7.05 Å². The second kappa shape index (κ2) is 7.00. The third-order valence-corrected chi connectivity index (χ3v) is 4.38. The first kappa shape index (κ1) is 17.1. The number of anilines is 1. The largest absolute Gasteiger partial charge is 0.494 e. The molecule has 0 aliphatic carbocycles. The number of aromatic nitrogens is 2. The van der Waals surface area contributed by atoms with Gasteiger partial charge in [-0.15, -0.1) is 5.10 Å². The molecule has 1 unspecified atom stereocenters. The number of aryl methyl sites for hydroxylation is 1. The molecule has 25 heavy (non-hydrogen) atoms. The molecule has 0 spiro atoms. The van der Waals surface area contributed by atoms with E-state index >= 15 is 0 Å². The number of halogens is 1. The summed E-state index contributed by atoms with van der Waals surface area (Å²) in [4.78, 5) is 14.4. The van der Waals surface area contributed by atoms with E-state index in [2.05, 4.69) is 10.4 Å². The lowest BCUT2D eigenvalue weighted by atomic mass is 10.0. The van der Waals surface area contributed by atoms with Crippen molar-refractivity contribution in [1.29, 1.82) is 0 Å². The lowest BCUT2D eigenvalue weighted by Crippen LogP contribution is -2.35. The van der Waals surface area contributed by atoms with Crippen LogP contribution in [-0.4, -0.2) is 41.5 Å². The first-order chi connectivity index (χ1) is 12.0. The first-order valence-corrected chi connectivity index (χ1v) is 8.02. The maximum absolute atomic E-state index is 14.0. The van der Waals surface area contributed by atoms with Crippen molar-refractivity contribution in [1.82, 2.24) is 14.7 Å². The van der Waals surface area contributed by atoms with Gasteiger partial charge in [-0.3, -0.25) is 5.32 Å². The Morgan fingerprint density at radius 1 is 1.32 bits per heavy atom. The number of nitrogens with one attached hydrogen (secondary N) is 1. The van der Waals surface area contributed by atoms with Gasteiger partial charge in [-0.25, -0.2) is 13.9 Å². The van der Waals surface area contributed by atoms with Crippen molar-refractivity contribution in [2.75, 3.05) is 26.1 Å². The molecule has 2 aromatic rings. The average Bonchev–Trinajstić information content (AvgIpc) is 3.22. The van der Waals surface area contributed by atoms with Crippen LogP contribution in [0.15, 0.2) is 24.3 Å². The molecular weight excluding hydrogens is 327 g/mol. The Labute approximate surface area is 145 Å². The number of methoxy groups -OCH3 is 2. The number of rotatable bonds is 4. The van der Waals surface area contributed by atoms with Gasteiger partial charge in [-0.05, 0) is 30.5 Å². The van der Waals surface area contributed by atoms with E-state index in [0.717, 1.165) is 18.4 Å². The van der Waals surface area contributed by atoms with Crippen LogP contribution >= 0.6 is 0 Å². The van der Waals surface area contributed by atoms with Crippen LogP contribution in [0, 0.1) is 5.82 Å². The summed E-state index contributed by atoms with van der Waals surface area (Å²) in [5.74, 6) is 0.727. The molecule has 0 bridgehead atoms. The van der Waals surface area contributed by atoms with Gasteiger partial charge in [0, 0.05) is 19.7 Å². The second-order valence-corrected chi connectivity index (χ2v) is 5.87. The summed E-state index contributed by atoms with van der Waals surface area (Å²) >= 11 is 0. The van der Waals surface area contributed by atoms with Gasteiger partial charge < -0.3 is 14.4 Å². The van der Waals surface area contributed by atoms with Gasteiger partial charge >= 0.3 is 6.03 Å². The van der Waals surface area contributed by atoms with Crippen LogP contribution in [0.25, 0.3) is 0 Å². The van der Waals surface area contributed by atoms with Gasteiger partial charge in [-0.1, -0.05) is 6.07 Å². The monoisotopic (exact) mass is 348 g/mol. The summed E-state index contributed by atoms with van der Waals surface area (Å²) in [5.41, 5.74) is 0.758. The summed E-state index contributed by atoms with van der Waals surface area (Å²) in [6.45, 7) is 0.610. The second-order valence-electron chi connectivity index (χ2n) is 5.87. The van der Waals surface area contributed by atoms with Gasteiger partial charge in [-0.2, -0.15) is 0 Å². The van der Waals surface area contributed by atoms with Gasteiger partial charge in [0.05, 0.1) is 20.3 Å². The van der Waals surface area contributed by atoms with Crippen molar-refractivity contribution in [3.8, 4) is 11.6 Å². The highest BCUT2D eigenvalue weighted by atomic mass is 19.1. The highest BCUT2D eigenvalue weighted by Gasteiger charge is 2.31. The first-order valence-electron chi connectivity index (χ1n) is 8.02. The van der Waals surface area contributed by atoms with Gasteiger partial charge in [0.2, 0.25) is 5.88 Å². The maximum Gasteiger partial charge on any atom is 0.323 e. The number of amides is 2. The molecule has 8 heteroatoms. The van der Waals surface area contributed by atoms with Crippen LogP contribution in [-0.2, 0) is 7.05 Å². The highest BCUT2D eigenvalue weighted by molar-refractivity contribution is 5.89. The molecule has 134 valence electrons. The van der Waals surface area contributed by atoms with E-state index in [4.69, 9.17) is 9.47 Å². The molecule has 3 rings (SSSR count). The number of ether oxygens (including phenoxy) is 2. The van der Waals surface area contributed by atoms with Crippen molar-refractivity contribution >= 4 is 11.8 Å². The number of urea groups is 1. The zero-order valence-corrected chi connectivity index (χ0v) is 14.5. The quantitative estimate of drug-likeness (QED) is 0.922. The molecule has 2 amide bonds. The summed E-state index contributed by atoms with van der Waals surface area (Å²) in [5, 5.41) is 6.95. The zero-order valence-electron chi connectivity index (χ0n) is 14.5. The minimum atomic E-state index is -0.427. The number of likely N-dealkylation sites (tertiary alicyclic amines) is 1. The topological polar surface area (TPSA) is 68.6 Å². The molecule has 1 saturated heterocycles. The number of nitrogens with zero attached hydrogens (tertiary/aromatic N) is 3. The zero-order chi connectivity index (χ0) is 18.0. The molecule has 7 nitrogen and oxygen atoms in total. The van der Waals surface area contributed by atoms with Crippen LogP contribution in [0.4, 0.5) is 15.0 Å². The number of hydrogen-bond acceptors (Lipinski definition) is 4. The Bertz CT molecular complexity index is 777. The van der Waals surface area contributed by atoms with E-state index in [9.17, 15) is 9.18 Å². The fourth-order valence-corrected chi connectivity index (χ4v) is 3.09. The molecule has 1 aromatic carbocycles. The van der Waals surface area contributed by atoms with Crippen molar-refractivity contribution < 1.29 is 18.7 Å². The molecule has 0 saturated carbocycles. The number of carbonyl (C=O) groups is 1. The summed E-state index contributed by atoms with van der Waals surface area (Å²) in [6.07, 6.45) is 1.65.